The minimum atomic E-state index is 0.441. The van der Waals surface area contributed by atoms with Gasteiger partial charge in [0.15, 0.2) is 0 Å². The van der Waals surface area contributed by atoms with Crippen LogP contribution in [0.25, 0.3) is 0 Å². The molecule has 2 atom stereocenters. The van der Waals surface area contributed by atoms with E-state index in [0.717, 1.165) is 0 Å². The van der Waals surface area contributed by atoms with E-state index >= 15 is 0 Å². The SMILES string of the molecule is CC1=CC[C@]23CCCN2CCc2ccccc2[C@H]13. The molecule has 1 aromatic rings. The van der Waals surface area contributed by atoms with Gasteiger partial charge in [0.25, 0.3) is 0 Å². The van der Waals surface area contributed by atoms with E-state index in [0.29, 0.717) is 11.5 Å². The van der Waals surface area contributed by atoms with Gasteiger partial charge in [-0.25, -0.2) is 0 Å². The summed E-state index contributed by atoms with van der Waals surface area (Å²) < 4.78 is 0. The van der Waals surface area contributed by atoms with Gasteiger partial charge in [-0.1, -0.05) is 35.9 Å². The number of hydrogen-bond acceptors (Lipinski definition) is 1. The van der Waals surface area contributed by atoms with Gasteiger partial charge in [0.1, 0.15) is 0 Å². The Morgan fingerprint density at radius 2 is 2.11 bits per heavy atom. The molecular weight excluding hydrogens is 218 g/mol. The Bertz CT molecular complexity index is 516. The van der Waals surface area contributed by atoms with Gasteiger partial charge < -0.3 is 0 Å². The van der Waals surface area contributed by atoms with Crippen molar-refractivity contribution in [3.8, 4) is 0 Å². The smallest absolute Gasteiger partial charge is 0.0350 e. The number of fused-ring (bicyclic) bond motifs is 2. The van der Waals surface area contributed by atoms with Crippen molar-refractivity contribution < 1.29 is 0 Å². The second kappa shape index (κ2) is 3.71. The Kier molecular flexibility index (Phi) is 2.23. The molecule has 0 aromatic heterocycles. The van der Waals surface area contributed by atoms with Crippen molar-refractivity contribution in [2.24, 2.45) is 0 Å². The Morgan fingerprint density at radius 3 is 3.06 bits per heavy atom. The first-order valence-corrected chi connectivity index (χ1v) is 7.31. The molecule has 1 aliphatic carbocycles. The van der Waals surface area contributed by atoms with Crippen LogP contribution in [0.2, 0.25) is 0 Å². The molecule has 1 saturated heterocycles. The molecule has 0 unspecified atom stereocenters. The summed E-state index contributed by atoms with van der Waals surface area (Å²) in [7, 11) is 0. The van der Waals surface area contributed by atoms with Gasteiger partial charge >= 0.3 is 0 Å². The van der Waals surface area contributed by atoms with Crippen molar-refractivity contribution in [3.05, 3.63) is 47.0 Å². The third kappa shape index (κ3) is 1.26. The maximum absolute atomic E-state index is 2.80. The number of rotatable bonds is 0. The summed E-state index contributed by atoms with van der Waals surface area (Å²) in [5.74, 6) is 0.665. The maximum Gasteiger partial charge on any atom is 0.0350 e. The average Bonchev–Trinajstić information content (AvgIpc) is 2.90. The van der Waals surface area contributed by atoms with Crippen molar-refractivity contribution in [1.29, 1.82) is 0 Å². The monoisotopic (exact) mass is 239 g/mol. The third-order valence-corrected chi connectivity index (χ3v) is 5.45. The predicted molar refractivity (Wildman–Crippen MR) is 74.8 cm³/mol. The maximum atomic E-state index is 2.80. The highest BCUT2D eigenvalue weighted by Crippen LogP contribution is 2.53. The fourth-order valence-corrected chi connectivity index (χ4v) is 4.68. The molecule has 1 heteroatoms. The van der Waals surface area contributed by atoms with Crippen LogP contribution in [-0.2, 0) is 6.42 Å². The van der Waals surface area contributed by atoms with Crippen LogP contribution in [0, 0.1) is 0 Å². The lowest BCUT2D eigenvalue weighted by atomic mass is 9.76. The van der Waals surface area contributed by atoms with Gasteiger partial charge in [0.05, 0.1) is 0 Å². The molecule has 0 N–H and O–H groups in total. The summed E-state index contributed by atoms with van der Waals surface area (Å²) in [6.07, 6.45) is 7.80. The largest absolute Gasteiger partial charge is 0.296 e. The zero-order chi connectivity index (χ0) is 12.2. The molecule has 0 saturated carbocycles. The topological polar surface area (TPSA) is 3.24 Å². The van der Waals surface area contributed by atoms with E-state index in [1.165, 1.54) is 38.8 Å². The van der Waals surface area contributed by atoms with Gasteiger partial charge in [-0.3, -0.25) is 4.90 Å². The Morgan fingerprint density at radius 1 is 1.22 bits per heavy atom. The van der Waals surface area contributed by atoms with Crippen LogP contribution in [0.5, 0.6) is 0 Å². The van der Waals surface area contributed by atoms with Crippen molar-refractivity contribution in [3.63, 3.8) is 0 Å². The molecule has 2 heterocycles. The van der Waals surface area contributed by atoms with Crippen molar-refractivity contribution in [2.75, 3.05) is 13.1 Å². The molecule has 18 heavy (non-hydrogen) atoms. The van der Waals surface area contributed by atoms with Crippen molar-refractivity contribution in [2.45, 2.75) is 44.1 Å². The number of hydrogen-bond donors (Lipinski definition) is 0. The first-order chi connectivity index (χ1) is 8.81. The predicted octanol–water partition coefficient (Wildman–Crippen LogP) is 3.51. The van der Waals surface area contributed by atoms with E-state index in [9.17, 15) is 0 Å². The minimum Gasteiger partial charge on any atom is -0.296 e. The van der Waals surface area contributed by atoms with Gasteiger partial charge in [0.2, 0.25) is 0 Å². The van der Waals surface area contributed by atoms with E-state index in [4.69, 9.17) is 0 Å². The molecule has 2 aliphatic heterocycles. The molecule has 4 rings (SSSR count). The van der Waals surface area contributed by atoms with Crippen molar-refractivity contribution >= 4 is 0 Å². The van der Waals surface area contributed by atoms with Crippen LogP contribution in [0.1, 0.15) is 43.2 Å². The molecule has 0 bridgehead atoms. The minimum absolute atomic E-state index is 0.441. The lowest BCUT2D eigenvalue weighted by Gasteiger charge is -2.40. The summed E-state index contributed by atoms with van der Waals surface area (Å²) in [6, 6.07) is 9.15. The van der Waals surface area contributed by atoms with Crippen LogP contribution in [0.15, 0.2) is 35.9 Å². The zero-order valence-electron chi connectivity index (χ0n) is 11.2. The molecule has 1 nitrogen and oxygen atoms in total. The number of benzene rings is 1. The third-order valence-electron chi connectivity index (χ3n) is 5.45. The van der Waals surface area contributed by atoms with Crippen LogP contribution in [0.3, 0.4) is 0 Å². The van der Waals surface area contributed by atoms with E-state index in [-0.39, 0.29) is 0 Å². The van der Waals surface area contributed by atoms with Gasteiger partial charge in [0, 0.05) is 18.0 Å². The highest BCUT2D eigenvalue weighted by molar-refractivity contribution is 5.44. The highest BCUT2D eigenvalue weighted by atomic mass is 15.2. The van der Waals surface area contributed by atoms with E-state index in [2.05, 4.69) is 42.2 Å². The van der Waals surface area contributed by atoms with E-state index in [1.807, 2.05) is 0 Å². The lowest BCUT2D eigenvalue weighted by Crippen LogP contribution is -2.45. The number of nitrogens with zero attached hydrogens (tertiary/aromatic N) is 1. The molecule has 0 amide bonds. The Balaban J connectivity index is 1.91. The Hall–Kier alpha value is -1.08. The summed E-state index contributed by atoms with van der Waals surface area (Å²) in [5.41, 5.74) is 5.26. The van der Waals surface area contributed by atoms with Crippen LogP contribution in [0.4, 0.5) is 0 Å². The molecule has 1 fully saturated rings. The summed E-state index contributed by atoms with van der Waals surface area (Å²) in [5, 5.41) is 0. The first kappa shape index (κ1) is 10.8. The molecule has 0 radical (unpaired) electrons. The molecule has 94 valence electrons. The van der Waals surface area contributed by atoms with Crippen molar-refractivity contribution in [1.82, 2.24) is 4.90 Å². The van der Waals surface area contributed by atoms with Crippen LogP contribution >= 0.6 is 0 Å². The lowest BCUT2D eigenvalue weighted by molar-refractivity contribution is 0.138. The molecule has 1 spiro atoms. The van der Waals surface area contributed by atoms with Crippen LogP contribution in [-0.4, -0.2) is 23.5 Å². The van der Waals surface area contributed by atoms with E-state index < -0.39 is 0 Å². The molecular formula is C17H21N. The molecule has 1 aromatic carbocycles. The van der Waals surface area contributed by atoms with Gasteiger partial charge in [-0.15, -0.1) is 0 Å². The molecule has 3 aliphatic rings. The normalized spacial score (nSPS) is 34.5. The van der Waals surface area contributed by atoms with Gasteiger partial charge in [-0.05, 0) is 50.3 Å². The fraction of sp³-hybridized carbons (Fsp3) is 0.529. The summed E-state index contributed by atoms with van der Waals surface area (Å²) in [6.45, 7) is 4.91. The summed E-state index contributed by atoms with van der Waals surface area (Å²) >= 11 is 0. The fourth-order valence-electron chi connectivity index (χ4n) is 4.68. The summed E-state index contributed by atoms with van der Waals surface area (Å²) in [4.78, 5) is 2.80. The van der Waals surface area contributed by atoms with E-state index in [1.54, 1.807) is 16.7 Å². The van der Waals surface area contributed by atoms with Gasteiger partial charge in [-0.2, -0.15) is 0 Å². The Labute approximate surface area is 109 Å². The highest BCUT2D eigenvalue weighted by Gasteiger charge is 2.51. The second-order valence-corrected chi connectivity index (χ2v) is 6.23. The zero-order valence-corrected chi connectivity index (χ0v) is 11.2. The second-order valence-electron chi connectivity index (χ2n) is 6.23. The van der Waals surface area contributed by atoms with Crippen LogP contribution < -0.4 is 0 Å². The average molecular weight is 239 g/mol. The standard InChI is InChI=1S/C17H21N/c1-13-7-10-17-9-4-11-18(17)12-8-14-5-2-3-6-15(14)16(13)17/h2-3,5-7,16H,4,8-12H2,1H3/t16-,17-/m0/s1. The first-order valence-electron chi connectivity index (χ1n) is 7.31. The quantitative estimate of drug-likeness (QED) is 0.626.